The van der Waals surface area contributed by atoms with Gasteiger partial charge >= 0.3 is 0 Å². The van der Waals surface area contributed by atoms with Crippen LogP contribution in [0.5, 0.6) is 0 Å². The third-order valence-corrected chi connectivity index (χ3v) is 6.55. The molecule has 1 aromatic carbocycles. The zero-order chi connectivity index (χ0) is 17.3. The maximum atomic E-state index is 12.4. The first kappa shape index (κ1) is 17.0. The molecule has 0 aliphatic carbocycles. The van der Waals surface area contributed by atoms with Crippen LogP contribution in [-0.2, 0) is 19.4 Å². The number of carbonyl (C=O) groups excluding carboxylic acids is 2. The molecule has 2 aliphatic heterocycles. The lowest BCUT2D eigenvalue weighted by Crippen LogP contribution is -2.52. The zero-order valence-electron chi connectivity index (χ0n) is 13.8. The van der Waals surface area contributed by atoms with Crippen molar-refractivity contribution in [2.75, 3.05) is 36.0 Å². The summed E-state index contributed by atoms with van der Waals surface area (Å²) in [5, 5.41) is 0. The van der Waals surface area contributed by atoms with Crippen LogP contribution in [0.1, 0.15) is 18.4 Å². The summed E-state index contributed by atoms with van der Waals surface area (Å²) in [6.07, 6.45) is 0.766. The number of hydrogen-bond donors (Lipinski definition) is 0. The second-order valence-electron chi connectivity index (χ2n) is 6.67. The molecule has 3 rings (SSSR count). The average molecular weight is 350 g/mol. The van der Waals surface area contributed by atoms with E-state index >= 15 is 0 Å². The molecule has 0 unspecified atom stereocenters. The van der Waals surface area contributed by atoms with Gasteiger partial charge in [-0.15, -0.1) is 0 Å². The van der Waals surface area contributed by atoms with E-state index in [1.165, 1.54) is 0 Å². The summed E-state index contributed by atoms with van der Waals surface area (Å²) >= 11 is 0. The van der Waals surface area contributed by atoms with E-state index in [2.05, 4.69) is 0 Å². The minimum atomic E-state index is -2.98. The third kappa shape index (κ3) is 3.77. The third-order valence-electron chi connectivity index (χ3n) is 4.71. The SMILES string of the molecule is Cc1ccc(N2CCN(C(=O)C[C@@H]3CCS(=O)(=O)C3)CC2=O)cc1. The van der Waals surface area contributed by atoms with Crippen LogP contribution in [0.2, 0.25) is 0 Å². The fourth-order valence-corrected chi connectivity index (χ4v) is 5.15. The summed E-state index contributed by atoms with van der Waals surface area (Å²) < 4.78 is 23.0. The van der Waals surface area contributed by atoms with Gasteiger partial charge < -0.3 is 9.80 Å². The minimum Gasteiger partial charge on any atom is -0.332 e. The zero-order valence-corrected chi connectivity index (χ0v) is 14.6. The van der Waals surface area contributed by atoms with Gasteiger partial charge in [-0.3, -0.25) is 9.59 Å². The smallest absolute Gasteiger partial charge is 0.246 e. The molecule has 0 spiro atoms. The van der Waals surface area contributed by atoms with Crippen LogP contribution in [0, 0.1) is 12.8 Å². The molecular weight excluding hydrogens is 328 g/mol. The van der Waals surface area contributed by atoms with Gasteiger partial charge in [0.25, 0.3) is 0 Å². The molecule has 1 aromatic rings. The molecule has 130 valence electrons. The Balaban J connectivity index is 1.58. The summed E-state index contributed by atoms with van der Waals surface area (Å²) in [5.41, 5.74) is 1.98. The average Bonchev–Trinajstić information content (AvgIpc) is 2.87. The van der Waals surface area contributed by atoms with Gasteiger partial charge in [-0.25, -0.2) is 8.42 Å². The van der Waals surface area contributed by atoms with Gasteiger partial charge in [-0.1, -0.05) is 17.7 Å². The van der Waals surface area contributed by atoms with E-state index in [1.54, 1.807) is 9.80 Å². The highest BCUT2D eigenvalue weighted by atomic mass is 32.2. The van der Waals surface area contributed by atoms with Crippen molar-refractivity contribution in [3.8, 4) is 0 Å². The number of amides is 2. The molecule has 24 heavy (non-hydrogen) atoms. The molecule has 2 aliphatic rings. The lowest BCUT2D eigenvalue weighted by molar-refractivity contribution is -0.137. The van der Waals surface area contributed by atoms with Gasteiger partial charge in [0.2, 0.25) is 11.8 Å². The van der Waals surface area contributed by atoms with Crippen LogP contribution < -0.4 is 4.90 Å². The highest BCUT2D eigenvalue weighted by Gasteiger charge is 2.33. The van der Waals surface area contributed by atoms with Gasteiger partial charge in [0, 0.05) is 25.2 Å². The second kappa shape index (κ2) is 6.55. The first-order valence-electron chi connectivity index (χ1n) is 8.19. The summed E-state index contributed by atoms with van der Waals surface area (Å²) in [6, 6.07) is 7.74. The van der Waals surface area contributed by atoms with E-state index in [1.807, 2.05) is 31.2 Å². The number of anilines is 1. The predicted octanol–water partition coefficient (Wildman–Crippen LogP) is 0.995. The van der Waals surface area contributed by atoms with E-state index in [9.17, 15) is 18.0 Å². The number of nitrogens with zero attached hydrogens (tertiary/aromatic N) is 2. The highest BCUT2D eigenvalue weighted by Crippen LogP contribution is 2.23. The quantitative estimate of drug-likeness (QED) is 0.815. The van der Waals surface area contributed by atoms with Crippen molar-refractivity contribution in [2.45, 2.75) is 19.8 Å². The van der Waals surface area contributed by atoms with Crippen molar-refractivity contribution in [2.24, 2.45) is 5.92 Å². The number of hydrogen-bond acceptors (Lipinski definition) is 4. The molecule has 2 fully saturated rings. The Kier molecular flexibility index (Phi) is 4.62. The number of benzene rings is 1. The topological polar surface area (TPSA) is 74.8 Å². The van der Waals surface area contributed by atoms with Crippen molar-refractivity contribution in [1.82, 2.24) is 4.90 Å². The number of carbonyl (C=O) groups is 2. The number of piperazine rings is 1. The molecule has 2 saturated heterocycles. The normalized spacial score (nSPS) is 23.5. The summed E-state index contributed by atoms with van der Waals surface area (Å²) in [7, 11) is -2.98. The van der Waals surface area contributed by atoms with Gasteiger partial charge in [-0.2, -0.15) is 0 Å². The molecule has 0 radical (unpaired) electrons. The molecule has 2 amide bonds. The van der Waals surface area contributed by atoms with Crippen molar-refractivity contribution < 1.29 is 18.0 Å². The molecule has 7 heteroatoms. The lowest BCUT2D eigenvalue weighted by Gasteiger charge is -2.34. The van der Waals surface area contributed by atoms with Crippen LogP contribution in [-0.4, -0.2) is 56.3 Å². The fourth-order valence-electron chi connectivity index (χ4n) is 3.29. The predicted molar refractivity (Wildman–Crippen MR) is 91.5 cm³/mol. The van der Waals surface area contributed by atoms with Crippen molar-refractivity contribution in [3.63, 3.8) is 0 Å². The monoisotopic (exact) mass is 350 g/mol. The van der Waals surface area contributed by atoms with E-state index in [4.69, 9.17) is 0 Å². The Hall–Kier alpha value is -1.89. The maximum absolute atomic E-state index is 12.4. The summed E-state index contributed by atoms with van der Waals surface area (Å²) in [4.78, 5) is 28.0. The van der Waals surface area contributed by atoms with Crippen molar-refractivity contribution >= 4 is 27.3 Å². The molecule has 0 N–H and O–H groups in total. The van der Waals surface area contributed by atoms with Crippen molar-refractivity contribution in [3.05, 3.63) is 29.8 Å². The Labute approximate surface area is 142 Å². The molecule has 1 atom stereocenters. The summed E-state index contributed by atoms with van der Waals surface area (Å²) in [6.45, 7) is 3.01. The first-order chi connectivity index (χ1) is 11.3. The van der Waals surface area contributed by atoms with Crippen LogP contribution in [0.4, 0.5) is 5.69 Å². The number of sulfone groups is 1. The van der Waals surface area contributed by atoms with E-state index < -0.39 is 9.84 Å². The molecule has 0 aromatic heterocycles. The standard InChI is InChI=1S/C17H22N2O4S/c1-13-2-4-15(5-3-13)19-8-7-18(11-17(19)21)16(20)10-14-6-9-24(22,23)12-14/h2-5,14H,6-12H2,1H3/t14-/m0/s1. The fraction of sp³-hybridized carbons (Fsp3) is 0.529. The Morgan fingerprint density at radius 1 is 1.21 bits per heavy atom. The van der Waals surface area contributed by atoms with Crippen LogP contribution in [0.15, 0.2) is 24.3 Å². The molecular formula is C17H22N2O4S. The highest BCUT2D eigenvalue weighted by molar-refractivity contribution is 7.91. The minimum absolute atomic E-state index is 0.0617. The van der Waals surface area contributed by atoms with E-state index in [0.29, 0.717) is 19.5 Å². The Morgan fingerprint density at radius 3 is 2.50 bits per heavy atom. The molecule has 2 heterocycles. The second-order valence-corrected chi connectivity index (χ2v) is 8.90. The van der Waals surface area contributed by atoms with Gasteiger partial charge in [0.15, 0.2) is 9.84 Å². The molecule has 0 bridgehead atoms. The molecule has 0 saturated carbocycles. The van der Waals surface area contributed by atoms with Crippen LogP contribution in [0.3, 0.4) is 0 Å². The van der Waals surface area contributed by atoms with Crippen molar-refractivity contribution in [1.29, 1.82) is 0 Å². The van der Waals surface area contributed by atoms with Gasteiger partial charge in [0.1, 0.15) is 6.54 Å². The largest absolute Gasteiger partial charge is 0.332 e. The van der Waals surface area contributed by atoms with E-state index in [0.717, 1.165) is 11.3 Å². The Bertz CT molecular complexity index is 742. The van der Waals surface area contributed by atoms with Gasteiger partial charge in [0.05, 0.1) is 11.5 Å². The summed E-state index contributed by atoms with van der Waals surface area (Å²) in [5.74, 6) is -0.0552. The lowest BCUT2D eigenvalue weighted by atomic mass is 10.0. The first-order valence-corrected chi connectivity index (χ1v) is 10.0. The van der Waals surface area contributed by atoms with Crippen LogP contribution >= 0.6 is 0 Å². The van der Waals surface area contributed by atoms with Crippen LogP contribution in [0.25, 0.3) is 0 Å². The maximum Gasteiger partial charge on any atom is 0.246 e. The number of rotatable bonds is 3. The molecule has 6 nitrogen and oxygen atoms in total. The van der Waals surface area contributed by atoms with E-state index in [-0.39, 0.29) is 42.2 Å². The van der Waals surface area contributed by atoms with Gasteiger partial charge in [-0.05, 0) is 31.4 Å². The number of aryl methyl sites for hydroxylation is 1. The Morgan fingerprint density at radius 2 is 1.92 bits per heavy atom.